The van der Waals surface area contributed by atoms with Gasteiger partial charge in [-0.1, -0.05) is 30.3 Å². The van der Waals surface area contributed by atoms with Crippen molar-refractivity contribution in [2.24, 2.45) is 0 Å². The van der Waals surface area contributed by atoms with Crippen molar-refractivity contribution >= 4 is 17.4 Å². The SMILES string of the molecule is O=C(OCc1ccccc1)N1CC(c2csc(CO)n2)C1. The van der Waals surface area contributed by atoms with Crippen molar-refractivity contribution < 1.29 is 14.6 Å². The zero-order valence-electron chi connectivity index (χ0n) is 11.4. The fourth-order valence-corrected chi connectivity index (χ4v) is 2.95. The first-order chi connectivity index (χ1) is 10.3. The Labute approximate surface area is 126 Å². The zero-order chi connectivity index (χ0) is 14.7. The molecule has 0 bridgehead atoms. The van der Waals surface area contributed by atoms with E-state index in [0.717, 1.165) is 16.3 Å². The average Bonchev–Trinajstić information content (AvgIpc) is 2.93. The minimum Gasteiger partial charge on any atom is -0.445 e. The van der Waals surface area contributed by atoms with Gasteiger partial charge in [0.05, 0.1) is 12.3 Å². The Morgan fingerprint density at radius 2 is 2.14 bits per heavy atom. The molecule has 6 heteroatoms. The summed E-state index contributed by atoms with van der Waals surface area (Å²) < 4.78 is 5.27. The van der Waals surface area contributed by atoms with Gasteiger partial charge in [-0.2, -0.15) is 0 Å². The highest BCUT2D eigenvalue weighted by Gasteiger charge is 2.34. The van der Waals surface area contributed by atoms with Gasteiger partial charge in [0, 0.05) is 24.4 Å². The van der Waals surface area contributed by atoms with E-state index < -0.39 is 0 Å². The maximum atomic E-state index is 11.9. The fraction of sp³-hybridized carbons (Fsp3) is 0.333. The summed E-state index contributed by atoms with van der Waals surface area (Å²) in [5.41, 5.74) is 1.94. The molecule has 1 aliphatic heterocycles. The van der Waals surface area contributed by atoms with Gasteiger partial charge in [-0.3, -0.25) is 0 Å². The van der Waals surface area contributed by atoms with Gasteiger partial charge in [0.25, 0.3) is 0 Å². The third-order valence-electron chi connectivity index (χ3n) is 3.47. The third kappa shape index (κ3) is 3.22. The number of amides is 1. The van der Waals surface area contributed by atoms with Crippen molar-refractivity contribution in [3.8, 4) is 0 Å². The Kier molecular flexibility index (Phi) is 4.17. The van der Waals surface area contributed by atoms with Crippen LogP contribution < -0.4 is 0 Å². The van der Waals surface area contributed by atoms with E-state index >= 15 is 0 Å². The largest absolute Gasteiger partial charge is 0.445 e. The number of likely N-dealkylation sites (tertiary alicyclic amines) is 1. The van der Waals surface area contributed by atoms with E-state index in [2.05, 4.69) is 4.98 Å². The van der Waals surface area contributed by atoms with Crippen molar-refractivity contribution in [1.82, 2.24) is 9.88 Å². The van der Waals surface area contributed by atoms with Crippen LogP contribution >= 0.6 is 11.3 Å². The molecule has 0 atom stereocenters. The van der Waals surface area contributed by atoms with E-state index in [9.17, 15) is 4.79 Å². The topological polar surface area (TPSA) is 62.7 Å². The molecule has 1 amide bonds. The van der Waals surface area contributed by atoms with Crippen LogP contribution in [0.5, 0.6) is 0 Å². The quantitative estimate of drug-likeness (QED) is 0.942. The lowest BCUT2D eigenvalue weighted by Crippen LogP contribution is -2.48. The summed E-state index contributed by atoms with van der Waals surface area (Å²) in [7, 11) is 0. The van der Waals surface area contributed by atoms with Gasteiger partial charge < -0.3 is 14.7 Å². The normalized spacial score (nSPS) is 14.8. The van der Waals surface area contributed by atoms with Crippen LogP contribution in [0.4, 0.5) is 4.79 Å². The smallest absolute Gasteiger partial charge is 0.410 e. The monoisotopic (exact) mass is 304 g/mol. The second-order valence-electron chi connectivity index (χ2n) is 4.97. The van der Waals surface area contributed by atoms with E-state index in [1.165, 1.54) is 11.3 Å². The van der Waals surface area contributed by atoms with Crippen LogP contribution in [-0.2, 0) is 18.0 Å². The van der Waals surface area contributed by atoms with E-state index in [4.69, 9.17) is 9.84 Å². The number of carbonyl (C=O) groups excluding carboxylic acids is 1. The van der Waals surface area contributed by atoms with Crippen LogP contribution in [0.15, 0.2) is 35.7 Å². The minimum atomic E-state index is -0.285. The molecule has 1 N–H and O–H groups in total. The average molecular weight is 304 g/mol. The van der Waals surface area contributed by atoms with Crippen LogP contribution in [0.2, 0.25) is 0 Å². The molecule has 2 aromatic rings. The second kappa shape index (κ2) is 6.24. The van der Waals surface area contributed by atoms with Gasteiger partial charge in [0.15, 0.2) is 0 Å². The number of nitrogens with zero attached hydrogens (tertiary/aromatic N) is 2. The van der Waals surface area contributed by atoms with Crippen LogP contribution in [0.1, 0.15) is 22.2 Å². The summed E-state index contributed by atoms with van der Waals surface area (Å²) in [6, 6.07) is 9.63. The summed E-state index contributed by atoms with van der Waals surface area (Å²) in [5.74, 6) is 0.255. The molecule has 1 saturated heterocycles. The van der Waals surface area contributed by atoms with Gasteiger partial charge >= 0.3 is 6.09 Å². The Bertz CT molecular complexity index is 608. The Morgan fingerprint density at radius 3 is 2.81 bits per heavy atom. The number of carbonyl (C=O) groups is 1. The lowest BCUT2D eigenvalue weighted by molar-refractivity contribution is 0.0658. The zero-order valence-corrected chi connectivity index (χ0v) is 12.3. The van der Waals surface area contributed by atoms with Crippen molar-refractivity contribution in [2.75, 3.05) is 13.1 Å². The molecule has 0 aliphatic carbocycles. The molecular formula is C15H16N2O3S. The lowest BCUT2D eigenvalue weighted by Gasteiger charge is -2.37. The number of aliphatic hydroxyl groups excluding tert-OH is 1. The third-order valence-corrected chi connectivity index (χ3v) is 4.32. The Balaban J connectivity index is 1.46. The number of hydrogen-bond acceptors (Lipinski definition) is 5. The Hall–Kier alpha value is -1.92. The summed E-state index contributed by atoms with van der Waals surface area (Å²) in [6.45, 7) is 1.52. The first-order valence-corrected chi connectivity index (χ1v) is 7.65. The van der Waals surface area contributed by atoms with Gasteiger partial charge in [0.1, 0.15) is 11.6 Å². The van der Waals surface area contributed by atoms with E-state index in [0.29, 0.717) is 19.7 Å². The maximum absolute atomic E-state index is 11.9. The molecule has 110 valence electrons. The number of ether oxygens (including phenoxy) is 1. The van der Waals surface area contributed by atoms with Crippen LogP contribution in [-0.4, -0.2) is 34.2 Å². The van der Waals surface area contributed by atoms with E-state index in [1.807, 2.05) is 35.7 Å². The molecule has 0 saturated carbocycles. The maximum Gasteiger partial charge on any atom is 0.410 e. The first kappa shape index (κ1) is 14.0. The molecule has 0 unspecified atom stereocenters. The summed E-state index contributed by atoms with van der Waals surface area (Å²) >= 11 is 1.45. The molecule has 2 heterocycles. The van der Waals surface area contributed by atoms with Gasteiger partial charge in [-0.05, 0) is 5.56 Å². The standard InChI is InChI=1S/C15H16N2O3S/c18-8-14-16-13(10-21-14)12-6-17(7-12)15(19)20-9-11-4-2-1-3-5-11/h1-5,10,12,18H,6-9H2. The lowest BCUT2D eigenvalue weighted by atomic mass is 9.98. The molecule has 1 fully saturated rings. The minimum absolute atomic E-state index is 0.0276. The number of thiazole rings is 1. The summed E-state index contributed by atoms with van der Waals surface area (Å²) in [6.07, 6.45) is -0.285. The van der Waals surface area contributed by atoms with Crippen molar-refractivity contribution in [3.63, 3.8) is 0 Å². The van der Waals surface area contributed by atoms with Gasteiger partial charge in [0.2, 0.25) is 0 Å². The number of aromatic nitrogens is 1. The second-order valence-corrected chi connectivity index (χ2v) is 5.91. The fourth-order valence-electron chi connectivity index (χ4n) is 2.21. The van der Waals surface area contributed by atoms with E-state index in [-0.39, 0.29) is 18.6 Å². The molecule has 1 aromatic carbocycles. The molecule has 21 heavy (non-hydrogen) atoms. The molecule has 5 nitrogen and oxygen atoms in total. The molecule has 1 aliphatic rings. The van der Waals surface area contributed by atoms with E-state index in [1.54, 1.807) is 4.90 Å². The summed E-state index contributed by atoms with van der Waals surface area (Å²) in [5, 5.41) is 11.7. The highest BCUT2D eigenvalue weighted by atomic mass is 32.1. The summed E-state index contributed by atoms with van der Waals surface area (Å²) in [4.78, 5) is 17.9. The Morgan fingerprint density at radius 1 is 1.38 bits per heavy atom. The molecule has 0 spiro atoms. The molecule has 0 radical (unpaired) electrons. The number of benzene rings is 1. The number of hydrogen-bond donors (Lipinski definition) is 1. The molecular weight excluding hydrogens is 288 g/mol. The molecule has 3 rings (SSSR count). The van der Waals surface area contributed by atoms with Crippen LogP contribution in [0.3, 0.4) is 0 Å². The predicted octanol–water partition coefficient (Wildman–Crippen LogP) is 2.37. The van der Waals surface area contributed by atoms with Gasteiger partial charge in [-0.15, -0.1) is 11.3 Å². The molecule has 1 aromatic heterocycles. The predicted molar refractivity (Wildman–Crippen MR) is 79.0 cm³/mol. The van der Waals surface area contributed by atoms with Crippen LogP contribution in [0, 0.1) is 0 Å². The van der Waals surface area contributed by atoms with Crippen molar-refractivity contribution in [3.05, 3.63) is 52.0 Å². The van der Waals surface area contributed by atoms with Gasteiger partial charge in [-0.25, -0.2) is 9.78 Å². The number of rotatable bonds is 4. The van der Waals surface area contributed by atoms with Crippen molar-refractivity contribution in [1.29, 1.82) is 0 Å². The van der Waals surface area contributed by atoms with Crippen LogP contribution in [0.25, 0.3) is 0 Å². The van der Waals surface area contributed by atoms with Crippen molar-refractivity contribution in [2.45, 2.75) is 19.1 Å². The first-order valence-electron chi connectivity index (χ1n) is 6.77. The highest BCUT2D eigenvalue weighted by molar-refractivity contribution is 7.09. The number of aliphatic hydroxyl groups is 1. The highest BCUT2D eigenvalue weighted by Crippen LogP contribution is 2.28.